The average molecular weight is 470 g/mol. The molecule has 0 saturated heterocycles. The van der Waals surface area contributed by atoms with Crippen molar-refractivity contribution in [3.63, 3.8) is 0 Å². The van der Waals surface area contributed by atoms with Crippen molar-refractivity contribution in [2.45, 2.75) is 58.0 Å². The van der Waals surface area contributed by atoms with E-state index >= 15 is 0 Å². The monoisotopic (exact) mass is 469 g/mol. The molecule has 0 aliphatic rings. The summed E-state index contributed by atoms with van der Waals surface area (Å²) in [5.74, 6) is 1.23. The first-order chi connectivity index (χ1) is 14.9. The molecule has 0 aliphatic heterocycles. The molecular formula is C24H27N3OS3. The summed E-state index contributed by atoms with van der Waals surface area (Å²) in [5.41, 5.74) is 3.50. The molecule has 162 valence electrons. The zero-order valence-corrected chi connectivity index (χ0v) is 20.8. The molecule has 0 N–H and O–H groups in total. The van der Waals surface area contributed by atoms with Gasteiger partial charge in [-0.25, -0.2) is 9.97 Å². The lowest BCUT2D eigenvalue weighted by molar-refractivity contribution is 0.481. The normalized spacial score (nSPS) is 11.6. The largest absolute Gasteiger partial charge is 0.287 e. The van der Waals surface area contributed by atoms with Crippen molar-refractivity contribution in [1.29, 1.82) is 0 Å². The zero-order valence-electron chi connectivity index (χ0n) is 18.3. The summed E-state index contributed by atoms with van der Waals surface area (Å²) in [4.78, 5) is 25.0. The van der Waals surface area contributed by atoms with E-state index < -0.39 is 0 Å². The van der Waals surface area contributed by atoms with Gasteiger partial charge < -0.3 is 0 Å². The summed E-state index contributed by atoms with van der Waals surface area (Å²) in [7, 11) is 0. The van der Waals surface area contributed by atoms with Crippen LogP contribution in [0.4, 0.5) is 0 Å². The van der Waals surface area contributed by atoms with E-state index in [1.54, 1.807) is 34.4 Å². The Labute approximate surface area is 195 Å². The van der Waals surface area contributed by atoms with Gasteiger partial charge in [0.25, 0.3) is 5.56 Å². The van der Waals surface area contributed by atoms with Crippen molar-refractivity contribution in [3.05, 3.63) is 62.2 Å². The smallest absolute Gasteiger partial charge is 0.262 e. The summed E-state index contributed by atoms with van der Waals surface area (Å²) < 4.78 is 1.87. The fraction of sp³-hybridized carbons (Fsp3) is 0.375. The summed E-state index contributed by atoms with van der Waals surface area (Å²) >= 11 is 4.91. The van der Waals surface area contributed by atoms with Crippen LogP contribution in [0.5, 0.6) is 0 Å². The first kappa shape index (κ1) is 22.2. The molecule has 0 saturated carbocycles. The van der Waals surface area contributed by atoms with Crippen molar-refractivity contribution in [3.8, 4) is 10.6 Å². The fourth-order valence-electron chi connectivity index (χ4n) is 3.26. The van der Waals surface area contributed by atoms with Gasteiger partial charge in [-0.05, 0) is 31.7 Å². The van der Waals surface area contributed by atoms with Crippen LogP contribution in [-0.2, 0) is 18.7 Å². The van der Waals surface area contributed by atoms with Gasteiger partial charge in [-0.3, -0.25) is 9.36 Å². The number of aryl methyl sites for hydroxylation is 2. The van der Waals surface area contributed by atoms with E-state index in [0.717, 1.165) is 44.5 Å². The van der Waals surface area contributed by atoms with Crippen LogP contribution in [-0.4, -0.2) is 14.5 Å². The van der Waals surface area contributed by atoms with Crippen LogP contribution in [0, 0.1) is 12.8 Å². The van der Waals surface area contributed by atoms with Gasteiger partial charge in [0.2, 0.25) is 0 Å². The average Bonchev–Trinajstić information content (AvgIpc) is 3.39. The molecule has 0 atom stereocenters. The van der Waals surface area contributed by atoms with E-state index in [1.807, 2.05) is 10.6 Å². The number of rotatable bonds is 8. The molecule has 31 heavy (non-hydrogen) atoms. The summed E-state index contributed by atoms with van der Waals surface area (Å²) in [6.45, 7) is 9.28. The van der Waals surface area contributed by atoms with Crippen LogP contribution < -0.4 is 5.56 Å². The van der Waals surface area contributed by atoms with Crippen molar-refractivity contribution in [2.75, 3.05) is 0 Å². The number of thioether (sulfide) groups is 1. The highest BCUT2D eigenvalue weighted by Gasteiger charge is 2.15. The minimum atomic E-state index is 0.0859. The van der Waals surface area contributed by atoms with E-state index in [-0.39, 0.29) is 5.56 Å². The Kier molecular flexibility index (Phi) is 6.94. The number of thiazole rings is 1. The Bertz CT molecular complexity index is 1240. The molecule has 3 aromatic heterocycles. The summed E-state index contributed by atoms with van der Waals surface area (Å²) in [6.07, 6.45) is 1.88. The van der Waals surface area contributed by atoms with Crippen molar-refractivity contribution >= 4 is 44.7 Å². The Morgan fingerprint density at radius 2 is 1.94 bits per heavy atom. The van der Waals surface area contributed by atoms with Crippen molar-refractivity contribution in [2.24, 2.45) is 5.92 Å². The third-order valence-electron chi connectivity index (χ3n) is 5.15. The Morgan fingerprint density at radius 3 is 2.65 bits per heavy atom. The highest BCUT2D eigenvalue weighted by molar-refractivity contribution is 7.98. The van der Waals surface area contributed by atoms with Crippen LogP contribution in [0.1, 0.15) is 43.3 Å². The van der Waals surface area contributed by atoms with Gasteiger partial charge in [0.05, 0.1) is 11.1 Å². The van der Waals surface area contributed by atoms with Crippen LogP contribution in [0.2, 0.25) is 0 Å². The molecule has 4 nitrogen and oxygen atoms in total. The topological polar surface area (TPSA) is 47.8 Å². The maximum atomic E-state index is 13.2. The van der Waals surface area contributed by atoms with Gasteiger partial charge >= 0.3 is 0 Å². The van der Waals surface area contributed by atoms with Gasteiger partial charge in [-0.1, -0.05) is 62.4 Å². The second kappa shape index (κ2) is 9.67. The molecular weight excluding hydrogens is 442 g/mol. The minimum Gasteiger partial charge on any atom is -0.287 e. The SMILES string of the molecule is CCc1cc2c(=O)n(CCC(C)C)c(SCc3csc(-c4ccc(C)cc4)n3)nc2s1. The molecule has 3 heterocycles. The molecule has 4 rings (SSSR count). The van der Waals surface area contributed by atoms with Crippen LogP contribution >= 0.6 is 34.4 Å². The lowest BCUT2D eigenvalue weighted by Crippen LogP contribution is -2.23. The second-order valence-corrected chi connectivity index (χ2v) is 11.0. The first-order valence-electron chi connectivity index (χ1n) is 10.6. The minimum absolute atomic E-state index is 0.0859. The maximum Gasteiger partial charge on any atom is 0.262 e. The number of fused-ring (bicyclic) bond motifs is 1. The number of hydrogen-bond acceptors (Lipinski definition) is 6. The summed E-state index contributed by atoms with van der Waals surface area (Å²) in [5, 5.41) is 4.69. The fourth-order valence-corrected chi connectivity index (χ4v) is 6.11. The number of aromatic nitrogens is 3. The standard InChI is InChI=1S/C24H27N3OS3/c1-5-19-12-20-22(31-19)26-24(27(23(20)28)11-10-15(2)3)30-14-18-13-29-21(25-18)17-8-6-16(4)7-9-17/h6-9,12-13,15H,5,10-11,14H2,1-4H3. The number of thiophene rings is 1. The van der Waals surface area contributed by atoms with Crippen LogP contribution in [0.25, 0.3) is 20.8 Å². The molecule has 0 bridgehead atoms. The van der Waals surface area contributed by atoms with E-state index in [2.05, 4.69) is 57.3 Å². The zero-order chi connectivity index (χ0) is 22.0. The van der Waals surface area contributed by atoms with Gasteiger partial charge in [0.15, 0.2) is 5.16 Å². The van der Waals surface area contributed by atoms with Gasteiger partial charge in [-0.2, -0.15) is 0 Å². The second-order valence-electron chi connectivity index (χ2n) is 8.12. The van der Waals surface area contributed by atoms with E-state index in [0.29, 0.717) is 18.2 Å². The van der Waals surface area contributed by atoms with Crippen molar-refractivity contribution < 1.29 is 0 Å². The quantitative estimate of drug-likeness (QED) is 0.210. The first-order valence-corrected chi connectivity index (χ1v) is 13.3. The molecule has 0 radical (unpaired) electrons. The van der Waals surface area contributed by atoms with E-state index in [4.69, 9.17) is 9.97 Å². The Balaban J connectivity index is 1.60. The Hall–Kier alpha value is -1.96. The maximum absolute atomic E-state index is 13.2. The predicted octanol–water partition coefficient (Wildman–Crippen LogP) is 6.79. The molecule has 1 aromatic carbocycles. The lowest BCUT2D eigenvalue weighted by Gasteiger charge is -2.12. The van der Waals surface area contributed by atoms with Gasteiger partial charge in [-0.15, -0.1) is 22.7 Å². The van der Waals surface area contributed by atoms with E-state index in [9.17, 15) is 4.79 Å². The highest BCUT2D eigenvalue weighted by atomic mass is 32.2. The molecule has 0 fully saturated rings. The molecule has 4 aromatic rings. The lowest BCUT2D eigenvalue weighted by atomic mass is 10.1. The van der Waals surface area contributed by atoms with E-state index in [1.165, 1.54) is 10.4 Å². The van der Waals surface area contributed by atoms with Gasteiger partial charge in [0, 0.05) is 28.1 Å². The molecule has 0 spiro atoms. The van der Waals surface area contributed by atoms with Crippen molar-refractivity contribution in [1.82, 2.24) is 14.5 Å². The highest BCUT2D eigenvalue weighted by Crippen LogP contribution is 2.29. The molecule has 0 aliphatic carbocycles. The third kappa shape index (κ3) is 5.10. The molecule has 0 unspecified atom stereocenters. The molecule has 0 amide bonds. The number of benzene rings is 1. The van der Waals surface area contributed by atoms with Crippen LogP contribution in [0.15, 0.2) is 45.7 Å². The van der Waals surface area contributed by atoms with Gasteiger partial charge in [0.1, 0.15) is 9.84 Å². The third-order valence-corrected chi connectivity index (χ3v) is 8.27. The number of hydrogen-bond donors (Lipinski definition) is 0. The molecule has 7 heteroatoms. The number of nitrogens with zero attached hydrogens (tertiary/aromatic N) is 3. The predicted molar refractivity (Wildman–Crippen MR) is 135 cm³/mol. The Morgan fingerprint density at radius 1 is 1.16 bits per heavy atom. The summed E-state index contributed by atoms with van der Waals surface area (Å²) in [6, 6.07) is 10.5. The van der Waals surface area contributed by atoms with Crippen LogP contribution in [0.3, 0.4) is 0 Å².